The summed E-state index contributed by atoms with van der Waals surface area (Å²) in [5.41, 5.74) is 9.44. The molecule has 2 aromatic carbocycles. The van der Waals surface area contributed by atoms with Crippen LogP contribution in [0.4, 0.5) is 0 Å². The Labute approximate surface area is 321 Å². The molecule has 0 saturated carbocycles. The molecule has 2 rings (SSSR count). The molecule has 8 N–H and O–H groups in total. The fourth-order valence-electron chi connectivity index (χ4n) is 4.73. The Hall–Kier alpha value is -6.44. The summed E-state index contributed by atoms with van der Waals surface area (Å²) >= 11 is 0. The van der Waals surface area contributed by atoms with Gasteiger partial charge in [-0.3, -0.25) is 33.6 Å². The van der Waals surface area contributed by atoms with Crippen molar-refractivity contribution in [1.82, 2.24) is 26.6 Å². The monoisotopic (exact) mass is 786 g/mol. The van der Waals surface area contributed by atoms with Crippen LogP contribution in [0, 0.1) is 0 Å². The molecule has 21 nitrogen and oxygen atoms in total. The number of carbonyl (C=O) groups excluding carboxylic acids is 6. The number of aromatic hydroxyl groups is 2. The highest BCUT2D eigenvalue weighted by molar-refractivity contribution is 5.98. The molecule has 21 heteroatoms. The van der Waals surface area contributed by atoms with Gasteiger partial charge in [-0.05, 0) is 35.2 Å². The first-order chi connectivity index (χ1) is 26.8. The molecule has 0 radical (unpaired) electrons. The zero-order chi connectivity index (χ0) is 41.3. The third kappa shape index (κ3) is 19.1. The maximum absolute atomic E-state index is 13.5. The van der Waals surface area contributed by atoms with E-state index >= 15 is 0 Å². The number of amides is 5. The highest BCUT2D eigenvalue weighted by atomic mass is 16.5. The van der Waals surface area contributed by atoms with E-state index in [0.29, 0.717) is 11.1 Å². The second kappa shape index (κ2) is 25.6. The van der Waals surface area contributed by atoms with Gasteiger partial charge in [-0.1, -0.05) is 41.5 Å². The van der Waals surface area contributed by atoms with Crippen molar-refractivity contribution in [2.45, 2.75) is 57.3 Å². The SMILES string of the molecule is CC(=O)N[C@@H](CC(=O)NCCc1ccc(O)c(O)c1)C(=O)N[C@@H](CC(=O)OCc1ccccc1)C(=O)N[C@@H](CC(=O)O)C(=O)NCCOCCOCCN=[N+]=[N-]. The molecule has 56 heavy (non-hydrogen) atoms. The quantitative estimate of drug-likeness (QED) is 0.0152. The molecule has 0 fully saturated rings. The summed E-state index contributed by atoms with van der Waals surface area (Å²) < 4.78 is 15.8. The van der Waals surface area contributed by atoms with Gasteiger partial charge in [0.1, 0.15) is 24.7 Å². The van der Waals surface area contributed by atoms with E-state index in [0.717, 1.165) is 6.92 Å². The predicted octanol–water partition coefficient (Wildman–Crippen LogP) is -0.311. The third-order valence-electron chi connectivity index (χ3n) is 7.43. The van der Waals surface area contributed by atoms with E-state index < -0.39 is 78.9 Å². The molecule has 0 saturated heterocycles. The van der Waals surface area contributed by atoms with Crippen LogP contribution >= 0.6 is 0 Å². The Morgan fingerprint density at radius 2 is 1.38 bits per heavy atom. The molecule has 0 heterocycles. The van der Waals surface area contributed by atoms with Gasteiger partial charge >= 0.3 is 11.9 Å². The summed E-state index contributed by atoms with van der Waals surface area (Å²) in [5, 5.41) is 43.8. The van der Waals surface area contributed by atoms with Crippen molar-refractivity contribution in [1.29, 1.82) is 0 Å². The van der Waals surface area contributed by atoms with E-state index in [1.165, 1.54) is 18.2 Å². The number of carboxylic acid groups (broad SMARTS) is 1. The number of nitrogens with one attached hydrogen (secondary N) is 5. The molecule has 0 unspecified atom stereocenters. The van der Waals surface area contributed by atoms with E-state index in [-0.39, 0.29) is 70.6 Å². The summed E-state index contributed by atoms with van der Waals surface area (Å²) in [6.07, 6.45) is -2.04. The van der Waals surface area contributed by atoms with Gasteiger partial charge in [-0.2, -0.15) is 0 Å². The largest absolute Gasteiger partial charge is 0.504 e. The van der Waals surface area contributed by atoms with E-state index in [1.54, 1.807) is 30.3 Å². The van der Waals surface area contributed by atoms with Crippen LogP contribution in [0.25, 0.3) is 10.4 Å². The molecule has 0 aromatic heterocycles. The third-order valence-corrected chi connectivity index (χ3v) is 7.43. The molecule has 0 aliphatic carbocycles. The van der Waals surface area contributed by atoms with Crippen molar-refractivity contribution in [3.05, 3.63) is 70.1 Å². The van der Waals surface area contributed by atoms with E-state index in [4.69, 9.17) is 19.7 Å². The molecule has 0 aliphatic rings. The number of hydrogen-bond acceptors (Lipinski definition) is 13. The Morgan fingerprint density at radius 3 is 2.00 bits per heavy atom. The Morgan fingerprint density at radius 1 is 0.732 bits per heavy atom. The van der Waals surface area contributed by atoms with Gasteiger partial charge in [0, 0.05) is 31.5 Å². The van der Waals surface area contributed by atoms with Gasteiger partial charge in [-0.25, -0.2) is 0 Å². The Kier molecular flexibility index (Phi) is 20.9. The minimum Gasteiger partial charge on any atom is -0.504 e. The molecule has 2 aromatic rings. The first-order valence-corrected chi connectivity index (χ1v) is 17.3. The zero-order valence-corrected chi connectivity index (χ0v) is 30.6. The Bertz CT molecular complexity index is 1690. The number of rotatable bonds is 26. The number of aliphatic carboxylic acids is 1. The number of benzene rings is 2. The number of carboxylic acids is 1. The van der Waals surface area contributed by atoms with Gasteiger partial charge in [0.15, 0.2) is 11.5 Å². The minimum atomic E-state index is -1.77. The number of azide groups is 1. The number of nitrogens with zero attached hydrogens (tertiary/aromatic N) is 3. The molecule has 0 aliphatic heterocycles. The average molecular weight is 787 g/mol. The number of phenolic OH excluding ortho intramolecular Hbond substituents is 2. The fourth-order valence-corrected chi connectivity index (χ4v) is 4.73. The highest BCUT2D eigenvalue weighted by Crippen LogP contribution is 2.24. The van der Waals surface area contributed by atoms with Crippen molar-refractivity contribution in [3.8, 4) is 11.5 Å². The first kappa shape index (κ1) is 45.7. The number of hydrogen-bond donors (Lipinski definition) is 8. The van der Waals surface area contributed by atoms with E-state index in [2.05, 4.69) is 36.6 Å². The molecule has 0 bridgehead atoms. The summed E-state index contributed by atoms with van der Waals surface area (Å²) in [4.78, 5) is 91.8. The maximum Gasteiger partial charge on any atom is 0.308 e. The zero-order valence-electron chi connectivity index (χ0n) is 30.6. The molecule has 5 amide bonds. The number of carbonyl (C=O) groups is 7. The summed E-state index contributed by atoms with van der Waals surface area (Å²) in [5.74, 6) is -7.60. The van der Waals surface area contributed by atoms with Crippen LogP contribution < -0.4 is 26.6 Å². The molecular formula is C35H46N8O13. The lowest BCUT2D eigenvalue weighted by Gasteiger charge is -2.24. The van der Waals surface area contributed by atoms with Crippen LogP contribution in [-0.4, -0.2) is 121 Å². The van der Waals surface area contributed by atoms with E-state index in [1.807, 2.05) is 0 Å². The van der Waals surface area contributed by atoms with Crippen LogP contribution in [0.1, 0.15) is 37.3 Å². The standard InChI is InChI=1S/C35H46N8O13/c1-22(44)40-25(18-30(47)37-10-9-23-7-8-28(45)29(46)17-23)34(52)42-27(20-32(50)56-21-24-5-3-2-4-6-24)35(53)41-26(19-31(48)49)33(51)38-11-13-54-15-16-55-14-12-39-43-36/h2-8,17,25-27,45-46H,9-16,18-21H2,1H3,(H,37,47)(H,38,51)(H,40,44)(H,41,53)(H,42,52)(H,48,49)/t25-,26-,27-/m0/s1. The van der Waals surface area contributed by atoms with Crippen LogP contribution in [0.3, 0.4) is 0 Å². The van der Waals surface area contributed by atoms with Crippen LogP contribution in [0.2, 0.25) is 0 Å². The lowest BCUT2D eigenvalue weighted by atomic mass is 10.1. The minimum absolute atomic E-state index is 0.0103. The van der Waals surface area contributed by atoms with Crippen molar-refractivity contribution < 1.29 is 63.1 Å². The fraction of sp³-hybridized carbons (Fsp3) is 0.457. The number of esters is 1. The van der Waals surface area contributed by atoms with Gasteiger partial charge in [-0.15, -0.1) is 0 Å². The van der Waals surface area contributed by atoms with Crippen molar-refractivity contribution in [2.24, 2.45) is 5.11 Å². The smallest absolute Gasteiger partial charge is 0.308 e. The van der Waals surface area contributed by atoms with Gasteiger partial charge in [0.25, 0.3) is 0 Å². The Balaban J connectivity index is 2.11. The van der Waals surface area contributed by atoms with Crippen LogP contribution in [0.15, 0.2) is 53.6 Å². The summed E-state index contributed by atoms with van der Waals surface area (Å²) in [6.45, 7) is 1.49. The summed E-state index contributed by atoms with van der Waals surface area (Å²) in [7, 11) is 0. The highest BCUT2D eigenvalue weighted by Gasteiger charge is 2.33. The molecule has 3 atom stereocenters. The second-order valence-corrected chi connectivity index (χ2v) is 11.9. The lowest BCUT2D eigenvalue weighted by Crippen LogP contribution is -2.58. The second-order valence-electron chi connectivity index (χ2n) is 11.9. The van der Waals surface area contributed by atoms with Gasteiger partial charge in [0.2, 0.25) is 29.5 Å². The van der Waals surface area contributed by atoms with Crippen molar-refractivity contribution in [3.63, 3.8) is 0 Å². The van der Waals surface area contributed by atoms with Crippen molar-refractivity contribution >= 4 is 41.5 Å². The molecule has 0 spiro atoms. The average Bonchev–Trinajstić information content (AvgIpc) is 3.15. The van der Waals surface area contributed by atoms with E-state index in [9.17, 15) is 48.9 Å². The van der Waals surface area contributed by atoms with Gasteiger partial charge in [0.05, 0.1) is 45.7 Å². The topological polar surface area (TPSA) is 317 Å². The predicted molar refractivity (Wildman–Crippen MR) is 194 cm³/mol. The van der Waals surface area contributed by atoms with Gasteiger partial charge < -0.3 is 56.1 Å². The first-order valence-electron chi connectivity index (χ1n) is 17.3. The normalized spacial score (nSPS) is 12.1. The molecule has 304 valence electrons. The summed E-state index contributed by atoms with van der Waals surface area (Å²) in [6, 6.07) is 7.66. The maximum atomic E-state index is 13.5. The number of phenols is 2. The lowest BCUT2D eigenvalue weighted by molar-refractivity contribution is -0.148. The van der Waals surface area contributed by atoms with Crippen LogP contribution in [-0.2, 0) is 60.8 Å². The molecular weight excluding hydrogens is 740 g/mol. The number of ether oxygens (including phenoxy) is 3. The van der Waals surface area contributed by atoms with Crippen molar-refractivity contribution in [2.75, 3.05) is 46.1 Å². The van der Waals surface area contributed by atoms with Crippen LogP contribution in [0.5, 0.6) is 11.5 Å².